The summed E-state index contributed by atoms with van der Waals surface area (Å²) in [4.78, 5) is 20.7. The lowest BCUT2D eigenvalue weighted by atomic mass is 9.65. The Labute approximate surface area is 171 Å². The maximum atomic E-state index is 13.9. The van der Waals surface area contributed by atoms with Crippen molar-refractivity contribution in [2.45, 2.75) is 26.2 Å². The molecular formula is C26H24N2O. The largest absolute Gasteiger partial charge is 0.314 e. The third-order valence-corrected chi connectivity index (χ3v) is 6.10. The van der Waals surface area contributed by atoms with Crippen LogP contribution in [-0.4, -0.2) is 18.7 Å². The van der Waals surface area contributed by atoms with E-state index in [4.69, 9.17) is 4.99 Å². The molecule has 0 saturated carbocycles. The molecule has 0 radical (unpaired) electrons. The number of carbonyl (C=O) groups excluding carboxylic acids is 1. The highest BCUT2D eigenvalue weighted by Gasteiger charge is 2.60. The Kier molecular flexibility index (Phi) is 3.63. The first kappa shape index (κ1) is 17.9. The topological polar surface area (TPSA) is 32.7 Å². The minimum atomic E-state index is -0.857. The van der Waals surface area contributed by atoms with Crippen LogP contribution < -0.4 is 4.90 Å². The molecule has 3 nitrogen and oxygen atoms in total. The summed E-state index contributed by atoms with van der Waals surface area (Å²) < 4.78 is 0. The van der Waals surface area contributed by atoms with Crippen LogP contribution in [0.5, 0.6) is 0 Å². The van der Waals surface area contributed by atoms with Crippen LogP contribution in [0, 0.1) is 5.41 Å². The fraction of sp³-hybridized carbons (Fsp3) is 0.231. The lowest BCUT2D eigenvalue weighted by Crippen LogP contribution is -2.48. The van der Waals surface area contributed by atoms with E-state index in [0.29, 0.717) is 0 Å². The summed E-state index contributed by atoms with van der Waals surface area (Å²) in [6.45, 7) is 6.43. The van der Waals surface area contributed by atoms with Crippen LogP contribution in [0.4, 0.5) is 11.4 Å². The van der Waals surface area contributed by atoms with E-state index in [0.717, 1.165) is 39.3 Å². The maximum absolute atomic E-state index is 13.9. The van der Waals surface area contributed by atoms with Gasteiger partial charge in [-0.05, 0) is 29.3 Å². The highest BCUT2D eigenvalue weighted by atomic mass is 16.2. The van der Waals surface area contributed by atoms with Crippen molar-refractivity contribution in [3.63, 3.8) is 0 Å². The van der Waals surface area contributed by atoms with Gasteiger partial charge in [-0.15, -0.1) is 0 Å². The molecule has 0 aromatic heterocycles. The highest BCUT2D eigenvalue weighted by molar-refractivity contribution is 6.30. The maximum Gasteiger partial charge on any atom is 0.247 e. The van der Waals surface area contributed by atoms with E-state index in [-0.39, 0.29) is 11.3 Å². The van der Waals surface area contributed by atoms with E-state index in [1.54, 1.807) is 4.90 Å². The smallest absolute Gasteiger partial charge is 0.247 e. The van der Waals surface area contributed by atoms with Crippen molar-refractivity contribution < 1.29 is 4.79 Å². The average Bonchev–Trinajstić information content (AvgIpc) is 3.19. The molecule has 5 rings (SSSR count). The second-order valence-electron chi connectivity index (χ2n) is 8.94. The molecule has 29 heavy (non-hydrogen) atoms. The number of benzene rings is 3. The van der Waals surface area contributed by atoms with Gasteiger partial charge < -0.3 is 4.90 Å². The summed E-state index contributed by atoms with van der Waals surface area (Å²) in [5.74, 6) is 0.0799. The van der Waals surface area contributed by atoms with Gasteiger partial charge in [0.15, 0.2) is 0 Å². The molecular weight excluding hydrogens is 356 g/mol. The summed E-state index contributed by atoms with van der Waals surface area (Å²) in [5, 5.41) is 0. The molecule has 0 bridgehead atoms. The molecule has 144 valence electrons. The Morgan fingerprint density at radius 2 is 1.52 bits per heavy atom. The van der Waals surface area contributed by atoms with Gasteiger partial charge in [0.05, 0.1) is 5.69 Å². The zero-order chi connectivity index (χ0) is 20.4. The minimum Gasteiger partial charge on any atom is -0.314 e. The Bertz CT molecular complexity index is 1170. The van der Waals surface area contributed by atoms with Gasteiger partial charge >= 0.3 is 0 Å². The lowest BCUT2D eigenvalue weighted by molar-refractivity contribution is -0.119. The van der Waals surface area contributed by atoms with Crippen molar-refractivity contribution in [1.82, 2.24) is 0 Å². The number of hydrogen-bond acceptors (Lipinski definition) is 2. The van der Waals surface area contributed by atoms with E-state index >= 15 is 0 Å². The van der Waals surface area contributed by atoms with Gasteiger partial charge in [-0.2, -0.15) is 0 Å². The normalized spacial score (nSPS) is 20.1. The van der Waals surface area contributed by atoms with Crippen molar-refractivity contribution in [2.24, 2.45) is 10.4 Å². The predicted octanol–water partition coefficient (Wildman–Crippen LogP) is 5.75. The molecule has 1 atom stereocenters. The molecule has 1 unspecified atom stereocenters. The molecule has 0 fully saturated rings. The van der Waals surface area contributed by atoms with E-state index in [2.05, 4.69) is 57.2 Å². The van der Waals surface area contributed by atoms with Crippen molar-refractivity contribution >= 4 is 23.0 Å². The first-order valence-electron chi connectivity index (χ1n) is 10.0. The zero-order valence-corrected chi connectivity index (χ0v) is 17.2. The third kappa shape index (κ3) is 2.30. The zero-order valence-electron chi connectivity index (χ0n) is 17.2. The Morgan fingerprint density at radius 3 is 2.24 bits per heavy atom. The molecule has 2 aliphatic heterocycles. The molecule has 3 aromatic carbocycles. The van der Waals surface area contributed by atoms with Crippen LogP contribution in [0.25, 0.3) is 11.1 Å². The van der Waals surface area contributed by atoms with Gasteiger partial charge in [-0.25, -0.2) is 0 Å². The molecule has 0 N–H and O–H groups in total. The second kappa shape index (κ2) is 5.90. The average molecular weight is 380 g/mol. The van der Waals surface area contributed by atoms with E-state index in [9.17, 15) is 4.79 Å². The van der Waals surface area contributed by atoms with Crippen molar-refractivity contribution in [2.75, 3.05) is 11.9 Å². The van der Waals surface area contributed by atoms with Crippen molar-refractivity contribution in [3.8, 4) is 11.1 Å². The number of anilines is 1. The van der Waals surface area contributed by atoms with Crippen molar-refractivity contribution in [3.05, 3.63) is 83.9 Å². The molecule has 2 aliphatic rings. The number of rotatable bonds is 1. The van der Waals surface area contributed by atoms with Crippen LogP contribution in [0.3, 0.4) is 0 Å². The van der Waals surface area contributed by atoms with Gasteiger partial charge in [0.1, 0.15) is 5.41 Å². The molecule has 0 aliphatic carbocycles. The predicted molar refractivity (Wildman–Crippen MR) is 119 cm³/mol. The number of carbonyl (C=O) groups is 1. The number of aliphatic imine (C=N–C) groups is 1. The van der Waals surface area contributed by atoms with E-state index in [1.165, 1.54) is 0 Å². The first-order chi connectivity index (χ1) is 13.8. The van der Waals surface area contributed by atoms with Gasteiger partial charge in [0, 0.05) is 35.0 Å². The quantitative estimate of drug-likeness (QED) is 0.529. The fourth-order valence-electron chi connectivity index (χ4n) is 4.85. The summed E-state index contributed by atoms with van der Waals surface area (Å²) in [7, 11) is 1.87. The summed E-state index contributed by atoms with van der Waals surface area (Å²) in [6.07, 6.45) is 0. The van der Waals surface area contributed by atoms with Crippen LogP contribution >= 0.6 is 0 Å². The highest BCUT2D eigenvalue weighted by Crippen LogP contribution is 2.56. The first-order valence-corrected chi connectivity index (χ1v) is 10.0. The Morgan fingerprint density at radius 1 is 0.828 bits per heavy atom. The number of fused-ring (bicyclic) bond motifs is 4. The lowest BCUT2D eigenvalue weighted by Gasteiger charge is -2.33. The van der Waals surface area contributed by atoms with Crippen molar-refractivity contribution in [1.29, 1.82) is 0 Å². The third-order valence-electron chi connectivity index (χ3n) is 6.10. The number of hydrogen-bond donors (Lipinski definition) is 0. The SMILES string of the molecule is CN1C(=O)C2(C(C(C)(C)C)=Nc3ccc(-c4ccccc4)cc32)c2ccccc21. The summed E-state index contributed by atoms with van der Waals surface area (Å²) in [6, 6.07) is 24.8. The molecule has 2 heterocycles. The standard InChI is InChI=1S/C26H24N2O/c1-25(2,3)23-26(19-12-8-9-13-22(19)28(4)24(26)29)20-16-18(14-15-21(20)27-23)17-10-6-5-7-11-17/h5-16H,1-4H3. The van der Waals surface area contributed by atoms with E-state index in [1.807, 2.05) is 43.4 Å². The Balaban J connectivity index is 1.84. The second-order valence-corrected chi connectivity index (χ2v) is 8.94. The molecule has 0 saturated heterocycles. The Hall–Kier alpha value is -3.20. The van der Waals surface area contributed by atoms with Gasteiger partial charge in [-0.3, -0.25) is 9.79 Å². The molecule has 1 amide bonds. The van der Waals surface area contributed by atoms with Gasteiger partial charge in [0.25, 0.3) is 0 Å². The molecule has 1 spiro atoms. The van der Waals surface area contributed by atoms with Crippen LogP contribution in [0.15, 0.2) is 77.8 Å². The van der Waals surface area contributed by atoms with E-state index < -0.39 is 5.41 Å². The molecule has 3 aromatic rings. The summed E-state index contributed by atoms with van der Waals surface area (Å²) in [5.41, 5.74) is 5.95. The summed E-state index contributed by atoms with van der Waals surface area (Å²) >= 11 is 0. The van der Waals surface area contributed by atoms with Gasteiger partial charge in [0.2, 0.25) is 5.91 Å². The monoisotopic (exact) mass is 380 g/mol. The number of amides is 1. The molecule has 3 heteroatoms. The number of likely N-dealkylation sites (N-methyl/N-ethyl adjacent to an activating group) is 1. The fourth-order valence-corrected chi connectivity index (χ4v) is 4.85. The van der Waals surface area contributed by atoms with Gasteiger partial charge in [-0.1, -0.05) is 75.4 Å². The van der Waals surface area contributed by atoms with Crippen LogP contribution in [0.1, 0.15) is 31.9 Å². The number of para-hydroxylation sites is 1. The number of nitrogens with zero attached hydrogens (tertiary/aromatic N) is 2. The minimum absolute atomic E-state index is 0.0799. The van der Waals surface area contributed by atoms with Crippen LogP contribution in [-0.2, 0) is 10.2 Å². The van der Waals surface area contributed by atoms with Crippen LogP contribution in [0.2, 0.25) is 0 Å².